The van der Waals surface area contributed by atoms with E-state index in [4.69, 9.17) is 10.5 Å². The molecule has 0 saturated heterocycles. The van der Waals surface area contributed by atoms with Crippen LogP contribution in [-0.4, -0.2) is 41.7 Å². The molecule has 7 nitrogen and oxygen atoms in total. The SMILES string of the molecule is COc1ccc(B(O)O)cc1C(CN)C(=O)Nc1ccc2cnccc2c1. The van der Waals surface area contributed by atoms with Crippen molar-refractivity contribution in [3.05, 3.63) is 60.4 Å². The molecular formula is C19H20BN3O4. The van der Waals surface area contributed by atoms with Crippen LogP contribution < -0.4 is 21.3 Å². The van der Waals surface area contributed by atoms with E-state index in [2.05, 4.69) is 10.3 Å². The molecule has 1 atom stereocenters. The topological polar surface area (TPSA) is 118 Å². The van der Waals surface area contributed by atoms with Crippen LogP contribution in [0.1, 0.15) is 11.5 Å². The number of nitrogens with zero attached hydrogens (tertiary/aromatic N) is 1. The Kier molecular flexibility index (Phi) is 5.70. The number of rotatable bonds is 6. The molecule has 0 aliphatic heterocycles. The Balaban J connectivity index is 1.90. The largest absolute Gasteiger partial charge is 0.496 e. The summed E-state index contributed by atoms with van der Waals surface area (Å²) in [5, 5.41) is 23.6. The Morgan fingerprint density at radius 1 is 1.22 bits per heavy atom. The van der Waals surface area contributed by atoms with Crippen molar-refractivity contribution in [2.24, 2.45) is 5.73 Å². The van der Waals surface area contributed by atoms with Crippen molar-refractivity contribution in [3.63, 3.8) is 0 Å². The molecule has 0 aliphatic carbocycles. The van der Waals surface area contributed by atoms with Gasteiger partial charge in [-0.15, -0.1) is 0 Å². The van der Waals surface area contributed by atoms with Crippen LogP contribution in [0.2, 0.25) is 0 Å². The molecule has 0 spiro atoms. The van der Waals surface area contributed by atoms with Crippen LogP contribution in [0, 0.1) is 0 Å². The molecule has 2 aromatic carbocycles. The van der Waals surface area contributed by atoms with Crippen LogP contribution in [-0.2, 0) is 4.79 Å². The van der Waals surface area contributed by atoms with E-state index in [0.717, 1.165) is 10.8 Å². The van der Waals surface area contributed by atoms with Gasteiger partial charge in [0.1, 0.15) is 5.75 Å². The highest BCUT2D eigenvalue weighted by Gasteiger charge is 2.25. The molecule has 1 amide bonds. The highest BCUT2D eigenvalue weighted by atomic mass is 16.5. The molecule has 0 fully saturated rings. The molecule has 1 aromatic heterocycles. The highest BCUT2D eigenvalue weighted by molar-refractivity contribution is 6.58. The predicted molar refractivity (Wildman–Crippen MR) is 105 cm³/mol. The van der Waals surface area contributed by atoms with Gasteiger partial charge < -0.3 is 25.8 Å². The van der Waals surface area contributed by atoms with E-state index in [1.54, 1.807) is 24.5 Å². The van der Waals surface area contributed by atoms with Crippen LogP contribution in [0.25, 0.3) is 10.8 Å². The van der Waals surface area contributed by atoms with Crippen LogP contribution >= 0.6 is 0 Å². The van der Waals surface area contributed by atoms with Crippen LogP contribution in [0.3, 0.4) is 0 Å². The predicted octanol–water partition coefficient (Wildman–Crippen LogP) is 0.604. The van der Waals surface area contributed by atoms with Gasteiger partial charge in [0, 0.05) is 35.6 Å². The fraction of sp³-hybridized carbons (Fsp3) is 0.158. The standard InChI is InChI=1S/C19H20BN3O4/c1-27-18-5-3-14(20(25)26)9-16(18)17(10-21)19(24)23-15-4-2-13-11-22-7-6-12(13)8-15/h2-9,11,17,25-26H,10,21H2,1H3,(H,23,24). The molecule has 1 heterocycles. The first kappa shape index (κ1) is 18.8. The number of amides is 1. The smallest absolute Gasteiger partial charge is 0.488 e. The number of hydrogen-bond acceptors (Lipinski definition) is 6. The van der Waals surface area contributed by atoms with Crippen LogP contribution in [0.5, 0.6) is 5.75 Å². The Morgan fingerprint density at radius 2 is 2.04 bits per heavy atom. The third-order valence-electron chi connectivity index (χ3n) is 4.39. The molecule has 0 radical (unpaired) electrons. The summed E-state index contributed by atoms with van der Waals surface area (Å²) in [5.74, 6) is -0.574. The van der Waals surface area contributed by atoms with Gasteiger partial charge in [0.25, 0.3) is 0 Å². The fourth-order valence-electron chi connectivity index (χ4n) is 2.95. The lowest BCUT2D eigenvalue weighted by Crippen LogP contribution is -2.33. The number of ether oxygens (including phenoxy) is 1. The molecular weight excluding hydrogens is 345 g/mol. The zero-order chi connectivity index (χ0) is 19.4. The number of nitrogens with one attached hydrogen (secondary N) is 1. The molecule has 0 saturated carbocycles. The van der Waals surface area contributed by atoms with Crippen molar-refractivity contribution in [1.82, 2.24) is 4.98 Å². The molecule has 0 bridgehead atoms. The van der Waals surface area contributed by atoms with E-state index >= 15 is 0 Å². The second kappa shape index (κ2) is 8.17. The number of carbonyl (C=O) groups excluding carboxylic acids is 1. The monoisotopic (exact) mass is 365 g/mol. The summed E-state index contributed by atoms with van der Waals surface area (Å²) >= 11 is 0. The summed E-state index contributed by atoms with van der Waals surface area (Å²) in [7, 11) is -0.165. The Labute approximate surface area is 156 Å². The van der Waals surface area contributed by atoms with Crippen molar-refractivity contribution in [2.75, 3.05) is 19.0 Å². The number of nitrogens with two attached hydrogens (primary N) is 1. The van der Waals surface area contributed by atoms with Gasteiger partial charge in [0.05, 0.1) is 13.0 Å². The minimum atomic E-state index is -1.65. The summed E-state index contributed by atoms with van der Waals surface area (Å²) in [5.41, 5.74) is 7.24. The first-order valence-corrected chi connectivity index (χ1v) is 8.42. The zero-order valence-corrected chi connectivity index (χ0v) is 14.8. The Morgan fingerprint density at radius 3 is 2.74 bits per heavy atom. The van der Waals surface area contributed by atoms with Crippen LogP contribution in [0.15, 0.2) is 54.9 Å². The van der Waals surface area contributed by atoms with E-state index < -0.39 is 13.0 Å². The molecule has 5 N–H and O–H groups in total. The maximum absolute atomic E-state index is 12.8. The van der Waals surface area contributed by atoms with Crippen LogP contribution in [0.4, 0.5) is 5.69 Å². The lowest BCUT2D eigenvalue weighted by Gasteiger charge is -2.19. The summed E-state index contributed by atoms with van der Waals surface area (Å²) < 4.78 is 5.32. The Bertz CT molecular complexity index is 965. The molecule has 1 unspecified atom stereocenters. The third-order valence-corrected chi connectivity index (χ3v) is 4.39. The zero-order valence-electron chi connectivity index (χ0n) is 14.8. The average Bonchev–Trinajstić information content (AvgIpc) is 2.68. The molecule has 3 rings (SSSR count). The molecule has 0 aliphatic rings. The molecule has 3 aromatic rings. The van der Waals surface area contributed by atoms with Crippen molar-refractivity contribution >= 4 is 34.9 Å². The van der Waals surface area contributed by atoms with Gasteiger partial charge in [-0.05, 0) is 35.1 Å². The second-order valence-electron chi connectivity index (χ2n) is 6.09. The van der Waals surface area contributed by atoms with Gasteiger partial charge in [-0.1, -0.05) is 18.2 Å². The lowest BCUT2D eigenvalue weighted by molar-refractivity contribution is -0.117. The van der Waals surface area contributed by atoms with E-state index in [0.29, 0.717) is 17.0 Å². The maximum Gasteiger partial charge on any atom is 0.488 e. The van der Waals surface area contributed by atoms with E-state index in [1.807, 2.05) is 18.2 Å². The van der Waals surface area contributed by atoms with Gasteiger partial charge >= 0.3 is 7.12 Å². The summed E-state index contributed by atoms with van der Waals surface area (Å²) in [6.07, 6.45) is 3.44. The molecule has 8 heteroatoms. The third kappa shape index (κ3) is 4.08. The van der Waals surface area contributed by atoms with Crippen molar-refractivity contribution < 1.29 is 19.6 Å². The van der Waals surface area contributed by atoms with Gasteiger partial charge in [-0.2, -0.15) is 0 Å². The number of anilines is 1. The lowest BCUT2D eigenvalue weighted by atomic mass is 9.78. The number of aromatic nitrogens is 1. The van der Waals surface area contributed by atoms with Crippen molar-refractivity contribution in [2.45, 2.75) is 5.92 Å². The summed E-state index contributed by atoms with van der Waals surface area (Å²) in [6, 6.07) is 12.0. The number of methoxy groups -OCH3 is 1. The average molecular weight is 365 g/mol. The van der Waals surface area contributed by atoms with Gasteiger partial charge in [0.15, 0.2) is 0 Å². The van der Waals surface area contributed by atoms with E-state index in [9.17, 15) is 14.8 Å². The Hall–Kier alpha value is -2.94. The number of fused-ring (bicyclic) bond motifs is 1. The van der Waals surface area contributed by atoms with Gasteiger partial charge in [0.2, 0.25) is 5.91 Å². The minimum absolute atomic E-state index is 0.0324. The summed E-state index contributed by atoms with van der Waals surface area (Å²) in [6.45, 7) is 0.0324. The number of hydrogen-bond donors (Lipinski definition) is 4. The summed E-state index contributed by atoms with van der Waals surface area (Å²) in [4.78, 5) is 16.9. The fourth-order valence-corrected chi connectivity index (χ4v) is 2.95. The number of benzene rings is 2. The minimum Gasteiger partial charge on any atom is -0.496 e. The van der Waals surface area contributed by atoms with Crippen molar-refractivity contribution in [3.8, 4) is 5.75 Å². The van der Waals surface area contributed by atoms with Gasteiger partial charge in [-0.3, -0.25) is 9.78 Å². The highest BCUT2D eigenvalue weighted by Crippen LogP contribution is 2.27. The quantitative estimate of drug-likeness (QED) is 0.476. The normalized spacial score (nSPS) is 11.9. The van der Waals surface area contributed by atoms with E-state index in [-0.39, 0.29) is 17.9 Å². The number of carbonyl (C=O) groups is 1. The van der Waals surface area contributed by atoms with E-state index in [1.165, 1.54) is 19.2 Å². The first-order chi connectivity index (χ1) is 13.0. The second-order valence-corrected chi connectivity index (χ2v) is 6.09. The first-order valence-electron chi connectivity index (χ1n) is 8.42. The molecule has 138 valence electrons. The maximum atomic E-state index is 12.8. The number of pyridine rings is 1. The van der Waals surface area contributed by atoms with Crippen molar-refractivity contribution in [1.29, 1.82) is 0 Å². The van der Waals surface area contributed by atoms with Gasteiger partial charge in [-0.25, -0.2) is 0 Å². The molecule has 27 heavy (non-hydrogen) atoms.